The van der Waals surface area contributed by atoms with Crippen molar-refractivity contribution in [2.75, 3.05) is 13.2 Å². The number of carboxylic acid groups (broad SMARTS) is 1. The first-order valence-electron chi connectivity index (χ1n) is 8.40. The van der Waals surface area contributed by atoms with Crippen LogP contribution in [0.1, 0.15) is 49.3 Å². The van der Waals surface area contributed by atoms with Crippen molar-refractivity contribution in [1.29, 1.82) is 0 Å². The van der Waals surface area contributed by atoms with Crippen LogP contribution in [0.4, 0.5) is 0 Å². The second-order valence-corrected chi connectivity index (χ2v) is 6.93. The SMILES string of the molecule is Cc1ccc2c(c1)OC[C@@H](NCC1(C(=O)O)CCCCC1)[C@H]2O. The molecule has 1 heterocycles. The van der Waals surface area contributed by atoms with Gasteiger partial charge in [0.25, 0.3) is 0 Å². The van der Waals surface area contributed by atoms with Crippen molar-refractivity contribution in [1.82, 2.24) is 5.32 Å². The Bertz CT molecular complexity index is 580. The molecular weight excluding hydrogens is 294 g/mol. The van der Waals surface area contributed by atoms with Gasteiger partial charge < -0.3 is 20.3 Å². The molecule has 0 spiro atoms. The Morgan fingerprint density at radius 3 is 2.78 bits per heavy atom. The fourth-order valence-electron chi connectivity index (χ4n) is 3.69. The van der Waals surface area contributed by atoms with E-state index in [1.54, 1.807) is 0 Å². The Kier molecular flexibility index (Phi) is 4.60. The summed E-state index contributed by atoms with van der Waals surface area (Å²) >= 11 is 0. The zero-order chi connectivity index (χ0) is 16.4. The average Bonchev–Trinajstić information content (AvgIpc) is 2.55. The lowest BCUT2D eigenvalue weighted by atomic mass is 9.74. The average molecular weight is 319 g/mol. The van der Waals surface area contributed by atoms with Gasteiger partial charge in [0.05, 0.1) is 11.5 Å². The van der Waals surface area contributed by atoms with Gasteiger partial charge in [-0.1, -0.05) is 31.4 Å². The molecule has 2 atom stereocenters. The Morgan fingerprint density at radius 1 is 1.35 bits per heavy atom. The zero-order valence-electron chi connectivity index (χ0n) is 13.5. The second-order valence-electron chi connectivity index (χ2n) is 6.93. The van der Waals surface area contributed by atoms with Gasteiger partial charge in [0.2, 0.25) is 0 Å². The van der Waals surface area contributed by atoms with Gasteiger partial charge in [-0.3, -0.25) is 4.79 Å². The molecule has 5 nitrogen and oxygen atoms in total. The maximum absolute atomic E-state index is 11.7. The zero-order valence-corrected chi connectivity index (χ0v) is 13.5. The number of hydrogen-bond donors (Lipinski definition) is 3. The monoisotopic (exact) mass is 319 g/mol. The Balaban J connectivity index is 1.69. The summed E-state index contributed by atoms with van der Waals surface area (Å²) in [6.45, 7) is 2.72. The lowest BCUT2D eigenvalue weighted by Crippen LogP contribution is -2.50. The van der Waals surface area contributed by atoms with E-state index in [9.17, 15) is 15.0 Å². The van der Waals surface area contributed by atoms with Crippen LogP contribution >= 0.6 is 0 Å². The number of aliphatic hydroxyl groups is 1. The summed E-state index contributed by atoms with van der Waals surface area (Å²) in [4.78, 5) is 11.7. The molecule has 0 bridgehead atoms. The van der Waals surface area contributed by atoms with E-state index in [0.29, 0.717) is 26.0 Å². The first-order chi connectivity index (χ1) is 11.0. The third kappa shape index (κ3) is 3.21. The van der Waals surface area contributed by atoms with Crippen molar-refractivity contribution in [3.05, 3.63) is 29.3 Å². The number of fused-ring (bicyclic) bond motifs is 1. The van der Waals surface area contributed by atoms with Crippen LogP contribution in [0.25, 0.3) is 0 Å². The van der Waals surface area contributed by atoms with Crippen molar-refractivity contribution in [3.63, 3.8) is 0 Å². The van der Waals surface area contributed by atoms with Crippen LogP contribution in [0, 0.1) is 12.3 Å². The summed E-state index contributed by atoms with van der Waals surface area (Å²) in [5.41, 5.74) is 1.16. The van der Waals surface area contributed by atoms with E-state index in [1.165, 1.54) is 0 Å². The van der Waals surface area contributed by atoms with Crippen LogP contribution in [0.5, 0.6) is 5.75 Å². The summed E-state index contributed by atoms with van der Waals surface area (Å²) in [6, 6.07) is 5.49. The van der Waals surface area contributed by atoms with Gasteiger partial charge in [0.1, 0.15) is 18.5 Å². The van der Waals surface area contributed by atoms with Crippen molar-refractivity contribution >= 4 is 5.97 Å². The molecule has 0 radical (unpaired) electrons. The van der Waals surface area contributed by atoms with E-state index >= 15 is 0 Å². The molecule has 5 heteroatoms. The number of benzene rings is 1. The lowest BCUT2D eigenvalue weighted by Gasteiger charge is -2.37. The molecule has 0 aromatic heterocycles. The van der Waals surface area contributed by atoms with Crippen molar-refractivity contribution < 1.29 is 19.7 Å². The van der Waals surface area contributed by atoms with E-state index in [4.69, 9.17) is 4.74 Å². The molecular formula is C18H25NO4. The molecule has 0 amide bonds. The molecule has 126 valence electrons. The fraction of sp³-hybridized carbons (Fsp3) is 0.611. The molecule has 3 N–H and O–H groups in total. The molecule has 1 aromatic carbocycles. The highest BCUT2D eigenvalue weighted by atomic mass is 16.5. The van der Waals surface area contributed by atoms with Gasteiger partial charge in [0, 0.05) is 12.1 Å². The van der Waals surface area contributed by atoms with Gasteiger partial charge in [-0.2, -0.15) is 0 Å². The number of nitrogens with one attached hydrogen (secondary N) is 1. The topological polar surface area (TPSA) is 78.8 Å². The number of carboxylic acids is 1. The van der Waals surface area contributed by atoms with Crippen LogP contribution in [0.2, 0.25) is 0 Å². The lowest BCUT2D eigenvalue weighted by molar-refractivity contribution is -0.151. The quantitative estimate of drug-likeness (QED) is 0.794. The second kappa shape index (κ2) is 6.49. The standard InChI is InChI=1S/C18H25NO4/c1-12-5-6-13-15(9-12)23-10-14(16(13)20)19-11-18(17(21)22)7-3-2-4-8-18/h5-6,9,14,16,19-20H,2-4,7-8,10-11H2,1H3,(H,21,22)/t14-,16+/m1/s1. The van der Waals surface area contributed by atoms with Crippen LogP contribution in [-0.4, -0.2) is 35.4 Å². The molecule has 0 saturated heterocycles. The highest BCUT2D eigenvalue weighted by Crippen LogP contribution is 2.37. The number of rotatable bonds is 4. The third-order valence-corrected chi connectivity index (χ3v) is 5.25. The molecule has 1 fully saturated rings. The number of ether oxygens (including phenoxy) is 1. The van der Waals surface area contributed by atoms with Crippen LogP contribution in [0.3, 0.4) is 0 Å². The van der Waals surface area contributed by atoms with Gasteiger partial charge in [-0.15, -0.1) is 0 Å². The Hall–Kier alpha value is -1.59. The smallest absolute Gasteiger partial charge is 0.310 e. The highest BCUT2D eigenvalue weighted by Gasteiger charge is 2.41. The minimum atomic E-state index is -0.730. The first kappa shape index (κ1) is 16.3. The predicted molar refractivity (Wildman–Crippen MR) is 86.6 cm³/mol. The van der Waals surface area contributed by atoms with Gasteiger partial charge in [0.15, 0.2) is 0 Å². The predicted octanol–water partition coefficient (Wildman–Crippen LogP) is 2.41. The van der Waals surface area contributed by atoms with E-state index in [1.807, 2.05) is 25.1 Å². The number of aryl methyl sites for hydroxylation is 1. The Morgan fingerprint density at radius 2 is 2.09 bits per heavy atom. The molecule has 1 saturated carbocycles. The van der Waals surface area contributed by atoms with Crippen molar-refractivity contribution in [2.24, 2.45) is 5.41 Å². The summed E-state index contributed by atoms with van der Waals surface area (Å²) < 4.78 is 5.75. The van der Waals surface area contributed by atoms with Crippen LogP contribution < -0.4 is 10.1 Å². The van der Waals surface area contributed by atoms with Crippen molar-refractivity contribution in [2.45, 2.75) is 51.2 Å². The molecule has 23 heavy (non-hydrogen) atoms. The molecule has 1 aliphatic heterocycles. The number of carbonyl (C=O) groups is 1. The van der Waals surface area contributed by atoms with E-state index < -0.39 is 17.5 Å². The molecule has 0 unspecified atom stereocenters. The fourth-order valence-corrected chi connectivity index (χ4v) is 3.69. The number of hydrogen-bond acceptors (Lipinski definition) is 4. The van der Waals surface area contributed by atoms with Gasteiger partial charge in [-0.25, -0.2) is 0 Å². The minimum absolute atomic E-state index is 0.275. The molecule has 3 rings (SSSR count). The van der Waals surface area contributed by atoms with Gasteiger partial charge in [-0.05, 0) is 31.4 Å². The summed E-state index contributed by atoms with van der Waals surface area (Å²) in [5, 5.41) is 23.5. The largest absolute Gasteiger partial charge is 0.491 e. The van der Waals surface area contributed by atoms with Crippen LogP contribution in [0.15, 0.2) is 18.2 Å². The van der Waals surface area contributed by atoms with E-state index in [0.717, 1.165) is 36.1 Å². The van der Waals surface area contributed by atoms with E-state index in [2.05, 4.69) is 5.32 Å². The summed E-state index contributed by atoms with van der Waals surface area (Å²) in [7, 11) is 0. The summed E-state index contributed by atoms with van der Waals surface area (Å²) in [5.74, 6) is -0.00638. The van der Waals surface area contributed by atoms with E-state index in [-0.39, 0.29) is 6.04 Å². The molecule has 1 aliphatic carbocycles. The van der Waals surface area contributed by atoms with Crippen molar-refractivity contribution in [3.8, 4) is 5.75 Å². The third-order valence-electron chi connectivity index (χ3n) is 5.25. The van der Waals surface area contributed by atoms with Gasteiger partial charge >= 0.3 is 5.97 Å². The normalized spacial score (nSPS) is 26.2. The highest BCUT2D eigenvalue weighted by molar-refractivity contribution is 5.75. The maximum atomic E-state index is 11.7. The summed E-state index contributed by atoms with van der Waals surface area (Å²) in [6.07, 6.45) is 3.76. The molecule has 1 aromatic rings. The minimum Gasteiger partial charge on any atom is -0.491 e. The van der Waals surface area contributed by atoms with Crippen LogP contribution in [-0.2, 0) is 4.79 Å². The first-order valence-corrected chi connectivity index (χ1v) is 8.40. The Labute approximate surface area is 136 Å². The molecule has 2 aliphatic rings. The number of aliphatic hydroxyl groups excluding tert-OH is 1. The number of aliphatic carboxylic acids is 1. The maximum Gasteiger partial charge on any atom is 0.310 e.